The van der Waals surface area contributed by atoms with E-state index in [2.05, 4.69) is 26.9 Å². The van der Waals surface area contributed by atoms with Crippen LogP contribution in [0.4, 0.5) is 0 Å². The van der Waals surface area contributed by atoms with E-state index >= 15 is 0 Å². The second kappa shape index (κ2) is 8.41. The second-order valence-corrected chi connectivity index (χ2v) is 8.35. The highest BCUT2D eigenvalue weighted by atomic mass is 79.9. The topological polar surface area (TPSA) is 84.7 Å². The number of amides is 3. The van der Waals surface area contributed by atoms with Gasteiger partial charge in [0.05, 0.1) is 17.2 Å². The van der Waals surface area contributed by atoms with Crippen molar-refractivity contribution in [3.8, 4) is 6.07 Å². The Morgan fingerprint density at radius 2 is 1.79 bits per heavy atom. The van der Waals surface area contributed by atoms with E-state index in [1.807, 2.05) is 13.8 Å². The molecular weight excluding hydrogens is 424 g/mol. The molecule has 1 atom stereocenters. The first-order valence-electron chi connectivity index (χ1n) is 9.40. The number of nitriles is 1. The van der Waals surface area contributed by atoms with Gasteiger partial charge < -0.3 is 4.90 Å². The summed E-state index contributed by atoms with van der Waals surface area (Å²) in [7, 11) is 0. The molecule has 0 aliphatic carbocycles. The Balaban J connectivity index is 1.54. The molecule has 2 aliphatic rings. The number of nitrogens with zero attached hydrogens (tertiary/aromatic N) is 4. The van der Waals surface area contributed by atoms with Gasteiger partial charge in [0.15, 0.2) is 0 Å². The molecule has 0 N–H and O–H groups in total. The van der Waals surface area contributed by atoms with Crippen LogP contribution in [-0.4, -0.2) is 71.2 Å². The van der Waals surface area contributed by atoms with Crippen molar-refractivity contribution in [3.05, 3.63) is 33.8 Å². The third-order valence-electron chi connectivity index (χ3n) is 5.31. The Morgan fingerprint density at radius 1 is 1.14 bits per heavy atom. The standard InChI is InChI=1S/C20H23BrN4O3/c1-13(2)17(12-22)23-7-9-24(10-8-23)18(26)5-6-25-19(27)15-4-3-14(21)11-16(15)20(25)28/h3-4,11,13,17H,5-10H2,1-2H3. The van der Waals surface area contributed by atoms with E-state index in [0.717, 1.165) is 9.37 Å². The highest BCUT2D eigenvalue weighted by Crippen LogP contribution is 2.26. The van der Waals surface area contributed by atoms with Gasteiger partial charge in [-0.3, -0.25) is 24.2 Å². The van der Waals surface area contributed by atoms with Crippen molar-refractivity contribution in [2.24, 2.45) is 5.92 Å². The Kier molecular flexibility index (Phi) is 6.16. The van der Waals surface area contributed by atoms with Crippen LogP contribution in [0.1, 0.15) is 41.0 Å². The van der Waals surface area contributed by atoms with Gasteiger partial charge in [-0.2, -0.15) is 5.26 Å². The van der Waals surface area contributed by atoms with Crippen LogP contribution in [0.15, 0.2) is 22.7 Å². The van der Waals surface area contributed by atoms with Crippen LogP contribution in [0.3, 0.4) is 0 Å². The highest BCUT2D eigenvalue weighted by Gasteiger charge is 2.36. The Bertz CT molecular complexity index is 840. The smallest absolute Gasteiger partial charge is 0.261 e. The molecule has 28 heavy (non-hydrogen) atoms. The van der Waals surface area contributed by atoms with E-state index in [0.29, 0.717) is 37.3 Å². The average Bonchev–Trinajstić information content (AvgIpc) is 2.90. The lowest BCUT2D eigenvalue weighted by Crippen LogP contribution is -2.53. The zero-order chi connectivity index (χ0) is 20.4. The second-order valence-electron chi connectivity index (χ2n) is 7.44. The number of benzene rings is 1. The normalized spacial score (nSPS) is 18.4. The summed E-state index contributed by atoms with van der Waals surface area (Å²) < 4.78 is 0.736. The molecular formula is C20H23BrN4O3. The number of rotatable bonds is 5. The van der Waals surface area contributed by atoms with Crippen molar-refractivity contribution >= 4 is 33.7 Å². The van der Waals surface area contributed by atoms with Crippen LogP contribution in [0.5, 0.6) is 0 Å². The molecule has 148 valence electrons. The molecule has 1 unspecified atom stereocenters. The number of piperazine rings is 1. The minimum Gasteiger partial charge on any atom is -0.340 e. The summed E-state index contributed by atoms with van der Waals surface area (Å²) >= 11 is 3.31. The molecule has 1 aromatic carbocycles. The van der Waals surface area contributed by atoms with E-state index < -0.39 is 0 Å². The number of imide groups is 1. The van der Waals surface area contributed by atoms with Gasteiger partial charge in [-0.15, -0.1) is 0 Å². The van der Waals surface area contributed by atoms with Gasteiger partial charge in [0.2, 0.25) is 5.91 Å². The number of hydrogen-bond acceptors (Lipinski definition) is 5. The number of carbonyl (C=O) groups excluding carboxylic acids is 3. The number of fused-ring (bicyclic) bond motifs is 1. The molecule has 0 saturated carbocycles. The summed E-state index contributed by atoms with van der Waals surface area (Å²) in [6.45, 7) is 6.54. The van der Waals surface area contributed by atoms with Crippen molar-refractivity contribution in [2.75, 3.05) is 32.7 Å². The molecule has 3 rings (SSSR count). The minimum atomic E-state index is -0.354. The molecule has 0 radical (unpaired) electrons. The zero-order valence-electron chi connectivity index (χ0n) is 16.0. The summed E-state index contributed by atoms with van der Waals surface area (Å²) in [5.74, 6) is -0.539. The van der Waals surface area contributed by atoms with Crippen LogP contribution in [-0.2, 0) is 4.79 Å². The van der Waals surface area contributed by atoms with E-state index in [1.54, 1.807) is 23.1 Å². The summed E-state index contributed by atoms with van der Waals surface area (Å²) in [6.07, 6.45) is 0.110. The fraction of sp³-hybridized carbons (Fsp3) is 0.500. The van der Waals surface area contributed by atoms with Crippen molar-refractivity contribution in [2.45, 2.75) is 26.3 Å². The molecule has 7 nitrogen and oxygen atoms in total. The SMILES string of the molecule is CC(C)C(C#N)N1CCN(C(=O)CCN2C(=O)c3ccc(Br)cc3C2=O)CC1. The van der Waals surface area contributed by atoms with Gasteiger partial charge in [-0.25, -0.2) is 0 Å². The summed E-state index contributed by atoms with van der Waals surface area (Å²) in [6, 6.07) is 7.18. The third-order valence-corrected chi connectivity index (χ3v) is 5.80. The Labute approximate surface area is 173 Å². The van der Waals surface area contributed by atoms with Gasteiger partial charge in [0.25, 0.3) is 11.8 Å². The lowest BCUT2D eigenvalue weighted by atomic mass is 10.0. The molecule has 0 spiro atoms. The number of carbonyl (C=O) groups is 3. The maximum atomic E-state index is 12.6. The van der Waals surface area contributed by atoms with Gasteiger partial charge >= 0.3 is 0 Å². The maximum Gasteiger partial charge on any atom is 0.261 e. The maximum absolute atomic E-state index is 12.6. The highest BCUT2D eigenvalue weighted by molar-refractivity contribution is 9.10. The molecule has 0 bridgehead atoms. The van der Waals surface area contributed by atoms with Crippen LogP contribution in [0.25, 0.3) is 0 Å². The van der Waals surface area contributed by atoms with Crippen LogP contribution in [0, 0.1) is 17.2 Å². The first kappa shape index (κ1) is 20.5. The zero-order valence-corrected chi connectivity index (χ0v) is 17.6. The van der Waals surface area contributed by atoms with Crippen molar-refractivity contribution in [1.29, 1.82) is 5.26 Å². The molecule has 0 aromatic heterocycles. The third kappa shape index (κ3) is 3.96. The van der Waals surface area contributed by atoms with Gasteiger partial charge in [-0.1, -0.05) is 29.8 Å². The lowest BCUT2D eigenvalue weighted by molar-refractivity contribution is -0.133. The van der Waals surface area contributed by atoms with E-state index in [9.17, 15) is 19.6 Å². The van der Waals surface area contributed by atoms with Crippen molar-refractivity contribution < 1.29 is 14.4 Å². The lowest BCUT2D eigenvalue weighted by Gasteiger charge is -2.38. The first-order chi connectivity index (χ1) is 13.3. The number of halogens is 1. The van der Waals surface area contributed by atoms with Gasteiger partial charge in [0.1, 0.15) is 6.04 Å². The predicted octanol–water partition coefficient (Wildman–Crippen LogP) is 2.13. The summed E-state index contributed by atoms with van der Waals surface area (Å²) in [5.41, 5.74) is 0.752. The van der Waals surface area contributed by atoms with E-state index in [4.69, 9.17) is 0 Å². The van der Waals surface area contributed by atoms with Crippen LogP contribution in [0.2, 0.25) is 0 Å². The van der Waals surface area contributed by atoms with E-state index in [-0.39, 0.29) is 42.6 Å². The van der Waals surface area contributed by atoms with Crippen molar-refractivity contribution in [1.82, 2.24) is 14.7 Å². The first-order valence-corrected chi connectivity index (χ1v) is 10.2. The number of hydrogen-bond donors (Lipinski definition) is 0. The van der Waals surface area contributed by atoms with Gasteiger partial charge in [-0.05, 0) is 24.1 Å². The fourth-order valence-electron chi connectivity index (χ4n) is 3.73. The molecule has 2 aliphatic heterocycles. The summed E-state index contributed by atoms with van der Waals surface area (Å²) in [5, 5.41) is 9.33. The molecule has 1 fully saturated rings. The fourth-order valence-corrected chi connectivity index (χ4v) is 4.09. The summed E-state index contributed by atoms with van der Waals surface area (Å²) in [4.78, 5) is 42.5. The van der Waals surface area contributed by atoms with E-state index in [1.165, 1.54) is 0 Å². The molecule has 1 saturated heterocycles. The van der Waals surface area contributed by atoms with Crippen molar-refractivity contribution in [3.63, 3.8) is 0 Å². The van der Waals surface area contributed by atoms with Crippen LogP contribution >= 0.6 is 15.9 Å². The quantitative estimate of drug-likeness (QED) is 0.646. The molecule has 2 heterocycles. The van der Waals surface area contributed by atoms with Gasteiger partial charge in [0, 0.05) is 43.6 Å². The Hall–Kier alpha value is -2.24. The molecule has 8 heteroatoms. The average molecular weight is 447 g/mol. The largest absolute Gasteiger partial charge is 0.340 e. The van der Waals surface area contributed by atoms with Crippen LogP contribution < -0.4 is 0 Å². The minimum absolute atomic E-state index is 0.0737. The predicted molar refractivity (Wildman–Crippen MR) is 107 cm³/mol. The molecule has 3 amide bonds. The molecule has 1 aromatic rings. The Morgan fingerprint density at radius 3 is 2.39 bits per heavy atom. The monoisotopic (exact) mass is 446 g/mol.